The van der Waals surface area contributed by atoms with Crippen molar-refractivity contribution in [2.24, 2.45) is 5.10 Å². The zero-order valence-corrected chi connectivity index (χ0v) is 10.7. The lowest BCUT2D eigenvalue weighted by atomic mass is 10.2. The third-order valence-corrected chi connectivity index (χ3v) is 2.91. The molecule has 0 saturated carbocycles. The average Bonchev–Trinajstić information content (AvgIpc) is 2.34. The first-order chi connectivity index (χ1) is 8.65. The van der Waals surface area contributed by atoms with Gasteiger partial charge in [-0.3, -0.25) is 5.43 Å². The van der Waals surface area contributed by atoms with Gasteiger partial charge in [-0.15, -0.1) is 0 Å². The predicted molar refractivity (Wildman–Crippen MR) is 74.1 cm³/mol. The van der Waals surface area contributed by atoms with E-state index in [9.17, 15) is 4.39 Å². The molecule has 0 aliphatic carbocycles. The molecular weight excluding hydrogens is 274 g/mol. The molecule has 0 atom stereocenters. The Labute approximate surface area is 114 Å². The molecule has 18 heavy (non-hydrogen) atoms. The quantitative estimate of drug-likeness (QED) is 0.647. The molecule has 0 saturated heterocycles. The maximum Gasteiger partial charge on any atom is 0.123 e. The number of nitrogens with zero attached hydrogens (tertiary/aromatic N) is 1. The maximum atomic E-state index is 12.9. The van der Waals surface area contributed by atoms with Crippen LogP contribution in [0.4, 0.5) is 10.1 Å². The zero-order chi connectivity index (χ0) is 13.0. The highest BCUT2D eigenvalue weighted by atomic mass is 35.5. The van der Waals surface area contributed by atoms with Crippen LogP contribution in [0.1, 0.15) is 5.56 Å². The van der Waals surface area contributed by atoms with Gasteiger partial charge in [-0.2, -0.15) is 5.10 Å². The fourth-order valence-corrected chi connectivity index (χ4v) is 1.63. The molecule has 1 N–H and O–H groups in total. The van der Waals surface area contributed by atoms with Crippen molar-refractivity contribution >= 4 is 35.1 Å². The van der Waals surface area contributed by atoms with E-state index in [1.165, 1.54) is 18.3 Å². The third-order valence-electron chi connectivity index (χ3n) is 2.18. The van der Waals surface area contributed by atoms with Crippen molar-refractivity contribution in [1.29, 1.82) is 0 Å². The summed E-state index contributed by atoms with van der Waals surface area (Å²) >= 11 is 11.6. The number of benzene rings is 2. The molecule has 5 heteroatoms. The second kappa shape index (κ2) is 5.85. The first kappa shape index (κ1) is 12.9. The first-order valence-corrected chi connectivity index (χ1v) is 5.90. The van der Waals surface area contributed by atoms with Crippen LogP contribution in [0.25, 0.3) is 0 Å². The molecule has 92 valence electrons. The molecule has 0 aliphatic heterocycles. The van der Waals surface area contributed by atoms with Crippen molar-refractivity contribution < 1.29 is 4.39 Å². The van der Waals surface area contributed by atoms with Crippen molar-refractivity contribution in [2.75, 3.05) is 5.43 Å². The van der Waals surface area contributed by atoms with Gasteiger partial charge >= 0.3 is 0 Å². The Morgan fingerprint density at radius 1 is 1.06 bits per heavy atom. The smallest absolute Gasteiger partial charge is 0.123 e. The van der Waals surface area contributed by atoms with Gasteiger partial charge in [0.15, 0.2) is 0 Å². The summed E-state index contributed by atoms with van der Waals surface area (Å²) in [5.41, 5.74) is 4.16. The van der Waals surface area contributed by atoms with Crippen LogP contribution in [0.5, 0.6) is 0 Å². The molecule has 0 unspecified atom stereocenters. The number of anilines is 1. The average molecular weight is 283 g/mol. The van der Waals surface area contributed by atoms with Gasteiger partial charge in [0.05, 0.1) is 21.9 Å². The maximum absolute atomic E-state index is 12.9. The lowest BCUT2D eigenvalue weighted by Crippen LogP contribution is -1.91. The van der Waals surface area contributed by atoms with E-state index in [2.05, 4.69) is 10.5 Å². The van der Waals surface area contributed by atoms with Gasteiger partial charge in [-0.05, 0) is 35.9 Å². The summed E-state index contributed by atoms with van der Waals surface area (Å²) in [5, 5.41) is 4.91. The molecular formula is C13H9Cl2FN2. The second-order valence-corrected chi connectivity index (χ2v) is 4.37. The summed E-state index contributed by atoms with van der Waals surface area (Å²) < 4.78 is 12.9. The fourth-order valence-electron chi connectivity index (χ4n) is 1.33. The van der Waals surface area contributed by atoms with Crippen LogP contribution in [0.2, 0.25) is 10.0 Å². The van der Waals surface area contributed by atoms with Gasteiger partial charge in [0.2, 0.25) is 0 Å². The Kier molecular flexibility index (Phi) is 4.18. The normalized spacial score (nSPS) is 10.8. The van der Waals surface area contributed by atoms with E-state index in [-0.39, 0.29) is 5.82 Å². The molecule has 2 aromatic rings. The highest BCUT2D eigenvalue weighted by molar-refractivity contribution is 6.42. The molecule has 0 aromatic heterocycles. The van der Waals surface area contributed by atoms with E-state index in [0.717, 1.165) is 0 Å². The van der Waals surface area contributed by atoms with Gasteiger partial charge in [0, 0.05) is 0 Å². The summed E-state index contributed by atoms with van der Waals surface area (Å²) in [7, 11) is 0. The molecule has 2 rings (SSSR count). The molecule has 0 fully saturated rings. The minimum Gasteiger partial charge on any atom is -0.278 e. The van der Waals surface area contributed by atoms with Crippen LogP contribution >= 0.6 is 23.2 Å². The van der Waals surface area contributed by atoms with Crippen LogP contribution in [-0.4, -0.2) is 6.21 Å². The Bertz CT molecular complexity index is 585. The molecule has 0 radical (unpaired) electrons. The van der Waals surface area contributed by atoms with E-state index in [1.54, 1.807) is 30.3 Å². The number of halogens is 3. The number of hydrogen-bond acceptors (Lipinski definition) is 2. The van der Waals surface area contributed by atoms with Crippen LogP contribution < -0.4 is 5.43 Å². The van der Waals surface area contributed by atoms with Crippen molar-refractivity contribution in [2.45, 2.75) is 0 Å². The van der Waals surface area contributed by atoms with Crippen LogP contribution in [-0.2, 0) is 0 Å². The van der Waals surface area contributed by atoms with Gasteiger partial charge in [-0.25, -0.2) is 4.39 Å². The van der Waals surface area contributed by atoms with Crippen LogP contribution in [0.15, 0.2) is 47.6 Å². The van der Waals surface area contributed by atoms with Crippen molar-refractivity contribution in [3.8, 4) is 0 Å². The predicted octanol–water partition coefficient (Wildman–Crippen LogP) is 4.58. The van der Waals surface area contributed by atoms with Gasteiger partial charge < -0.3 is 0 Å². The Hall–Kier alpha value is -1.58. The Morgan fingerprint density at radius 2 is 1.89 bits per heavy atom. The monoisotopic (exact) mass is 282 g/mol. The van der Waals surface area contributed by atoms with Crippen molar-refractivity contribution in [3.05, 3.63) is 63.9 Å². The minimum atomic E-state index is -0.298. The molecule has 0 aliphatic rings. The second-order valence-electron chi connectivity index (χ2n) is 3.55. The molecule has 2 nitrogen and oxygen atoms in total. The fraction of sp³-hybridized carbons (Fsp3) is 0. The van der Waals surface area contributed by atoms with E-state index in [0.29, 0.717) is 21.3 Å². The molecule has 0 heterocycles. The van der Waals surface area contributed by atoms with Gasteiger partial charge in [-0.1, -0.05) is 35.3 Å². The Morgan fingerprint density at radius 3 is 2.61 bits per heavy atom. The standard InChI is InChI=1S/C13H9Cl2FN2/c14-12-5-4-11(7-13(12)15)18-17-8-9-2-1-3-10(16)6-9/h1-8,18H/b17-8+. The van der Waals surface area contributed by atoms with E-state index in [1.807, 2.05) is 0 Å². The number of nitrogens with one attached hydrogen (secondary N) is 1. The van der Waals surface area contributed by atoms with E-state index >= 15 is 0 Å². The van der Waals surface area contributed by atoms with Crippen LogP contribution in [0.3, 0.4) is 0 Å². The van der Waals surface area contributed by atoms with Crippen molar-refractivity contribution in [1.82, 2.24) is 0 Å². The SMILES string of the molecule is Fc1cccc(/C=N/Nc2ccc(Cl)c(Cl)c2)c1. The number of hydrazone groups is 1. The topological polar surface area (TPSA) is 24.4 Å². The molecule has 0 amide bonds. The highest BCUT2D eigenvalue weighted by Crippen LogP contribution is 2.24. The van der Waals surface area contributed by atoms with Gasteiger partial charge in [0.25, 0.3) is 0 Å². The highest BCUT2D eigenvalue weighted by Gasteiger charge is 1.97. The molecule has 0 bridgehead atoms. The largest absolute Gasteiger partial charge is 0.278 e. The number of hydrogen-bond donors (Lipinski definition) is 1. The van der Waals surface area contributed by atoms with E-state index < -0.39 is 0 Å². The first-order valence-electron chi connectivity index (χ1n) is 5.15. The molecule has 2 aromatic carbocycles. The van der Waals surface area contributed by atoms with Crippen molar-refractivity contribution in [3.63, 3.8) is 0 Å². The van der Waals surface area contributed by atoms with Crippen LogP contribution in [0, 0.1) is 5.82 Å². The minimum absolute atomic E-state index is 0.298. The van der Waals surface area contributed by atoms with Gasteiger partial charge in [0.1, 0.15) is 5.82 Å². The summed E-state index contributed by atoms with van der Waals surface area (Å²) in [6.07, 6.45) is 1.52. The summed E-state index contributed by atoms with van der Waals surface area (Å²) in [4.78, 5) is 0. The Balaban J connectivity index is 2.05. The summed E-state index contributed by atoms with van der Waals surface area (Å²) in [6.45, 7) is 0. The third kappa shape index (κ3) is 3.45. The van der Waals surface area contributed by atoms with E-state index in [4.69, 9.17) is 23.2 Å². The lowest BCUT2D eigenvalue weighted by molar-refractivity contribution is 0.627. The molecule has 0 spiro atoms. The zero-order valence-electron chi connectivity index (χ0n) is 9.20. The number of rotatable bonds is 3. The summed E-state index contributed by atoms with van der Waals surface area (Å²) in [5.74, 6) is -0.298. The lowest BCUT2D eigenvalue weighted by Gasteiger charge is -2.01. The summed E-state index contributed by atoms with van der Waals surface area (Å²) in [6, 6.07) is 11.2.